The van der Waals surface area contributed by atoms with Gasteiger partial charge >= 0.3 is 11.9 Å². The number of rotatable bonds is 7. The molecule has 3 aliphatic rings. The van der Waals surface area contributed by atoms with Crippen LogP contribution in [0, 0.1) is 5.92 Å². The monoisotopic (exact) mass is 468 g/mol. The van der Waals surface area contributed by atoms with Crippen molar-refractivity contribution in [2.75, 3.05) is 32.8 Å². The summed E-state index contributed by atoms with van der Waals surface area (Å²) in [4.78, 5) is 30.5. The van der Waals surface area contributed by atoms with E-state index in [-0.39, 0.29) is 36.2 Å². The lowest BCUT2D eigenvalue weighted by Crippen LogP contribution is -2.71. The first kappa shape index (κ1) is 26.4. The van der Waals surface area contributed by atoms with Crippen LogP contribution in [0.4, 0.5) is 0 Å². The maximum absolute atomic E-state index is 14.0. The van der Waals surface area contributed by atoms with E-state index in [0.29, 0.717) is 32.5 Å². The molecule has 0 radical (unpaired) electrons. The van der Waals surface area contributed by atoms with Gasteiger partial charge < -0.3 is 18.9 Å². The van der Waals surface area contributed by atoms with Gasteiger partial charge in [0, 0.05) is 26.2 Å². The first-order chi connectivity index (χ1) is 15.5. The summed E-state index contributed by atoms with van der Waals surface area (Å²) >= 11 is 0. The number of carbonyl (C=O) groups excluding carboxylic acids is 2. The number of hydrogen-bond donors (Lipinski definition) is 0. The zero-order chi connectivity index (χ0) is 24.2. The van der Waals surface area contributed by atoms with Crippen molar-refractivity contribution in [2.24, 2.45) is 5.92 Å². The van der Waals surface area contributed by atoms with E-state index >= 15 is 0 Å². The first-order valence-electron chi connectivity index (χ1n) is 12.8. The molecule has 0 aromatic carbocycles. The normalized spacial score (nSPS) is 31.7. The standard InChI is InChI=1S/C25H44N2O6/c1-7-30-22(28)20-10-12-21(13-11-20)32-25(26-14-8-9-15-26,23(29)33-24(4,5)6)27-16-18(2)31-19(3)17-27/h18-21H,7-17H2,1-6H3/t18-,19?,20-,21-,25?/m0/s1. The topological polar surface area (TPSA) is 77.5 Å². The number of esters is 2. The van der Waals surface area contributed by atoms with Crippen molar-refractivity contribution in [3.05, 3.63) is 0 Å². The molecular weight excluding hydrogens is 424 g/mol. The van der Waals surface area contributed by atoms with Crippen LogP contribution >= 0.6 is 0 Å². The van der Waals surface area contributed by atoms with Crippen molar-refractivity contribution < 1.29 is 28.5 Å². The van der Waals surface area contributed by atoms with Gasteiger partial charge in [0.1, 0.15) is 5.60 Å². The average Bonchev–Trinajstić information content (AvgIpc) is 3.25. The van der Waals surface area contributed by atoms with Gasteiger partial charge in [0.25, 0.3) is 5.85 Å². The van der Waals surface area contributed by atoms with Crippen molar-refractivity contribution in [3.63, 3.8) is 0 Å². The third-order valence-electron chi connectivity index (χ3n) is 6.67. The molecule has 1 saturated carbocycles. The highest BCUT2D eigenvalue weighted by Crippen LogP contribution is 2.37. The Hall–Kier alpha value is -1.22. The highest BCUT2D eigenvalue weighted by molar-refractivity contribution is 5.79. The van der Waals surface area contributed by atoms with Crippen molar-refractivity contribution in [1.82, 2.24) is 9.80 Å². The third-order valence-corrected chi connectivity index (χ3v) is 6.67. The SMILES string of the molecule is CCOC(=O)[C@H]1CC[C@H](OC(C(=O)OC(C)(C)C)(N2CCCC2)N2CC(C)O[C@@H](C)C2)CC1. The van der Waals surface area contributed by atoms with E-state index in [1.807, 2.05) is 41.5 Å². The molecule has 8 heteroatoms. The van der Waals surface area contributed by atoms with Crippen LogP contribution in [0.2, 0.25) is 0 Å². The zero-order valence-corrected chi connectivity index (χ0v) is 21.4. The summed E-state index contributed by atoms with van der Waals surface area (Å²) in [7, 11) is 0. The summed E-state index contributed by atoms with van der Waals surface area (Å²) in [5.74, 6) is -1.83. The van der Waals surface area contributed by atoms with E-state index in [0.717, 1.165) is 38.8 Å². The number of hydrogen-bond acceptors (Lipinski definition) is 8. The fourth-order valence-electron chi connectivity index (χ4n) is 5.35. The minimum atomic E-state index is -1.28. The van der Waals surface area contributed by atoms with Gasteiger partial charge in [-0.2, -0.15) is 0 Å². The van der Waals surface area contributed by atoms with Gasteiger partial charge in [-0.3, -0.25) is 9.69 Å². The molecule has 0 bridgehead atoms. The molecule has 0 aromatic rings. The van der Waals surface area contributed by atoms with Gasteiger partial charge in [0.2, 0.25) is 0 Å². The second-order valence-electron chi connectivity index (χ2n) is 10.8. The molecule has 0 N–H and O–H groups in total. The minimum absolute atomic E-state index is 0.0127. The highest BCUT2D eigenvalue weighted by atomic mass is 16.6. The Balaban J connectivity index is 1.88. The molecule has 2 unspecified atom stereocenters. The second-order valence-corrected chi connectivity index (χ2v) is 10.8. The Kier molecular flexibility index (Phi) is 8.81. The summed E-state index contributed by atoms with van der Waals surface area (Å²) in [6, 6.07) is 0. The number of ether oxygens (including phenoxy) is 4. The zero-order valence-electron chi connectivity index (χ0n) is 21.4. The average molecular weight is 469 g/mol. The van der Waals surface area contributed by atoms with Crippen LogP contribution in [-0.4, -0.2) is 84.3 Å². The van der Waals surface area contributed by atoms with E-state index in [1.54, 1.807) is 0 Å². The molecule has 33 heavy (non-hydrogen) atoms. The Morgan fingerprint density at radius 1 is 0.939 bits per heavy atom. The van der Waals surface area contributed by atoms with E-state index < -0.39 is 11.4 Å². The van der Waals surface area contributed by atoms with Crippen LogP contribution in [0.1, 0.15) is 80.1 Å². The Morgan fingerprint density at radius 2 is 1.52 bits per heavy atom. The van der Waals surface area contributed by atoms with Crippen molar-refractivity contribution in [3.8, 4) is 0 Å². The Labute approximate surface area is 199 Å². The van der Waals surface area contributed by atoms with Gasteiger partial charge in [-0.1, -0.05) is 0 Å². The quantitative estimate of drug-likeness (QED) is 0.527. The molecule has 0 spiro atoms. The van der Waals surface area contributed by atoms with E-state index in [4.69, 9.17) is 18.9 Å². The molecule has 0 aromatic heterocycles. The summed E-state index contributed by atoms with van der Waals surface area (Å²) in [5, 5.41) is 0. The predicted molar refractivity (Wildman–Crippen MR) is 124 cm³/mol. The fraction of sp³-hybridized carbons (Fsp3) is 0.920. The molecule has 2 aliphatic heterocycles. The summed E-state index contributed by atoms with van der Waals surface area (Å²) in [6.07, 6.45) is 4.76. The number of morpholine rings is 1. The molecule has 3 rings (SSSR count). The summed E-state index contributed by atoms with van der Waals surface area (Å²) in [5.41, 5.74) is -0.628. The van der Waals surface area contributed by atoms with E-state index in [2.05, 4.69) is 9.80 Å². The largest absolute Gasteiger partial charge is 0.466 e. The molecule has 190 valence electrons. The lowest BCUT2D eigenvalue weighted by molar-refractivity contribution is -0.292. The van der Waals surface area contributed by atoms with Gasteiger partial charge in [-0.05, 0) is 80.1 Å². The smallest absolute Gasteiger partial charge is 0.371 e. The lowest BCUT2D eigenvalue weighted by Gasteiger charge is -2.52. The molecular formula is C25H44N2O6. The molecule has 0 amide bonds. The number of nitrogens with zero attached hydrogens (tertiary/aromatic N) is 2. The van der Waals surface area contributed by atoms with Crippen LogP contribution in [0.3, 0.4) is 0 Å². The minimum Gasteiger partial charge on any atom is -0.466 e. The van der Waals surface area contributed by atoms with Crippen LogP contribution in [-0.2, 0) is 28.5 Å². The number of carbonyl (C=O) groups is 2. The maximum Gasteiger partial charge on any atom is 0.371 e. The Bertz CT molecular complexity index is 656. The number of likely N-dealkylation sites (tertiary alicyclic amines) is 1. The summed E-state index contributed by atoms with van der Waals surface area (Å²) < 4.78 is 24.1. The molecule has 2 heterocycles. The van der Waals surface area contributed by atoms with Crippen LogP contribution in [0.5, 0.6) is 0 Å². The molecule has 3 atom stereocenters. The Morgan fingerprint density at radius 3 is 2.03 bits per heavy atom. The molecule has 3 fully saturated rings. The van der Waals surface area contributed by atoms with Gasteiger partial charge in [0.05, 0.1) is 30.8 Å². The van der Waals surface area contributed by atoms with Gasteiger partial charge in [-0.15, -0.1) is 0 Å². The van der Waals surface area contributed by atoms with Crippen LogP contribution in [0.15, 0.2) is 0 Å². The van der Waals surface area contributed by atoms with Crippen LogP contribution < -0.4 is 0 Å². The lowest BCUT2D eigenvalue weighted by atomic mass is 9.87. The highest BCUT2D eigenvalue weighted by Gasteiger charge is 2.56. The van der Waals surface area contributed by atoms with Gasteiger partial charge in [0.15, 0.2) is 0 Å². The van der Waals surface area contributed by atoms with Crippen molar-refractivity contribution in [1.29, 1.82) is 0 Å². The van der Waals surface area contributed by atoms with E-state index in [9.17, 15) is 9.59 Å². The summed E-state index contributed by atoms with van der Waals surface area (Å²) in [6.45, 7) is 14.8. The fourth-order valence-corrected chi connectivity index (χ4v) is 5.35. The first-order valence-corrected chi connectivity index (χ1v) is 12.8. The third kappa shape index (κ3) is 6.47. The molecule has 2 saturated heterocycles. The van der Waals surface area contributed by atoms with E-state index in [1.165, 1.54) is 0 Å². The van der Waals surface area contributed by atoms with Crippen LogP contribution in [0.25, 0.3) is 0 Å². The predicted octanol–water partition coefficient (Wildman–Crippen LogP) is 3.33. The maximum atomic E-state index is 14.0. The molecule has 1 aliphatic carbocycles. The van der Waals surface area contributed by atoms with Crippen molar-refractivity contribution >= 4 is 11.9 Å². The second kappa shape index (κ2) is 11.0. The molecule has 8 nitrogen and oxygen atoms in total. The van der Waals surface area contributed by atoms with Gasteiger partial charge in [-0.25, -0.2) is 9.69 Å². The van der Waals surface area contributed by atoms with Crippen molar-refractivity contribution in [2.45, 2.75) is 110 Å².